The second kappa shape index (κ2) is 11.0. The molecule has 0 aliphatic carbocycles. The number of ketones is 1. The van der Waals surface area contributed by atoms with Crippen molar-refractivity contribution >= 4 is 23.7 Å². The predicted octanol–water partition coefficient (Wildman–Crippen LogP) is 3.74. The summed E-state index contributed by atoms with van der Waals surface area (Å²) in [7, 11) is 0. The van der Waals surface area contributed by atoms with Crippen LogP contribution < -0.4 is 0 Å². The Kier molecular flexibility index (Phi) is 7.44. The molecule has 0 amide bonds. The van der Waals surface area contributed by atoms with E-state index in [4.69, 9.17) is 18.9 Å². The maximum absolute atomic E-state index is 12.9. The molecule has 0 aromatic heterocycles. The molecule has 4 rings (SSSR count). The van der Waals surface area contributed by atoms with E-state index in [0.29, 0.717) is 5.56 Å². The van der Waals surface area contributed by atoms with Crippen molar-refractivity contribution in [3.8, 4) is 0 Å². The van der Waals surface area contributed by atoms with Crippen LogP contribution >= 0.6 is 0 Å². The van der Waals surface area contributed by atoms with Gasteiger partial charge in [0, 0.05) is 0 Å². The van der Waals surface area contributed by atoms with Gasteiger partial charge in [0.2, 0.25) is 0 Å². The number of esters is 3. The number of rotatable bonds is 7. The largest absolute Gasteiger partial charge is 0.459 e. The Bertz CT molecular complexity index is 1240. The van der Waals surface area contributed by atoms with E-state index < -0.39 is 36.1 Å². The van der Waals surface area contributed by atoms with Gasteiger partial charge in [-0.25, -0.2) is 14.4 Å². The van der Waals surface area contributed by atoms with Gasteiger partial charge in [0.25, 0.3) is 12.1 Å². The van der Waals surface area contributed by atoms with Gasteiger partial charge in [-0.1, -0.05) is 54.6 Å². The number of Topliss-reactive ketones (excluding diaryl/α,β-unsaturated/α-hetero) is 1. The zero-order valence-electron chi connectivity index (χ0n) is 18.4. The highest BCUT2D eigenvalue weighted by molar-refractivity contribution is 6.02. The number of benzene rings is 3. The van der Waals surface area contributed by atoms with Gasteiger partial charge >= 0.3 is 17.9 Å². The van der Waals surface area contributed by atoms with Crippen molar-refractivity contribution in [3.05, 3.63) is 120 Å². The molecular weight excluding hydrogens is 452 g/mol. The lowest BCUT2D eigenvalue weighted by Crippen LogP contribution is -2.41. The molecule has 1 heterocycles. The van der Waals surface area contributed by atoms with Crippen LogP contribution in [0.15, 0.2) is 103 Å². The summed E-state index contributed by atoms with van der Waals surface area (Å²) in [5.74, 6) is -3.43. The van der Waals surface area contributed by atoms with Crippen LogP contribution in [0.3, 0.4) is 0 Å². The Balaban J connectivity index is 1.51. The van der Waals surface area contributed by atoms with E-state index in [9.17, 15) is 19.2 Å². The molecule has 8 nitrogen and oxygen atoms in total. The summed E-state index contributed by atoms with van der Waals surface area (Å²) in [6.07, 6.45) is -1.51. The summed E-state index contributed by atoms with van der Waals surface area (Å²) in [5, 5.41) is 0. The number of hydrogen-bond acceptors (Lipinski definition) is 8. The standard InChI is InChI=1S/C27H20O8/c28-23-22(34-25(30)19-12-6-2-7-13-19)16-21(17-32-24(29)18-10-4-1-5-11-18)33-27(23)35-26(31)20-14-8-3-9-15-20/h1-16,21,27H,17H2/t21-,27-/m1/s1. The summed E-state index contributed by atoms with van der Waals surface area (Å²) in [6, 6.07) is 24.4. The third-order valence-electron chi connectivity index (χ3n) is 4.92. The fourth-order valence-electron chi connectivity index (χ4n) is 3.17. The minimum absolute atomic E-state index is 0.202. The van der Waals surface area contributed by atoms with Crippen molar-refractivity contribution in [2.75, 3.05) is 6.61 Å². The van der Waals surface area contributed by atoms with Crippen LogP contribution in [0.4, 0.5) is 0 Å². The highest BCUT2D eigenvalue weighted by Crippen LogP contribution is 2.21. The highest BCUT2D eigenvalue weighted by atomic mass is 16.7. The molecule has 1 aliphatic rings. The number of hydrogen-bond donors (Lipinski definition) is 0. The molecule has 1 aliphatic heterocycles. The molecule has 0 saturated carbocycles. The topological polar surface area (TPSA) is 105 Å². The Morgan fingerprint density at radius 1 is 0.686 bits per heavy atom. The maximum atomic E-state index is 12.9. The average Bonchev–Trinajstić information content (AvgIpc) is 2.91. The predicted molar refractivity (Wildman–Crippen MR) is 122 cm³/mol. The molecule has 8 heteroatoms. The second-order valence-corrected chi connectivity index (χ2v) is 7.39. The van der Waals surface area contributed by atoms with Crippen molar-refractivity contribution < 1.29 is 38.1 Å². The summed E-state index contributed by atoms with van der Waals surface area (Å²) in [6.45, 7) is -0.313. The molecule has 3 aromatic rings. The van der Waals surface area contributed by atoms with E-state index in [1.807, 2.05) is 0 Å². The van der Waals surface area contributed by atoms with E-state index in [-0.39, 0.29) is 23.5 Å². The molecule has 176 valence electrons. The van der Waals surface area contributed by atoms with Crippen molar-refractivity contribution in [2.45, 2.75) is 12.4 Å². The van der Waals surface area contributed by atoms with Crippen molar-refractivity contribution in [1.29, 1.82) is 0 Å². The molecule has 0 spiro atoms. The lowest BCUT2D eigenvalue weighted by atomic mass is 10.1. The quantitative estimate of drug-likeness (QED) is 0.378. The summed E-state index contributed by atoms with van der Waals surface area (Å²) >= 11 is 0. The van der Waals surface area contributed by atoms with E-state index in [1.165, 1.54) is 30.3 Å². The average molecular weight is 472 g/mol. The molecule has 2 atom stereocenters. The van der Waals surface area contributed by atoms with Crippen LogP contribution in [-0.2, 0) is 23.7 Å². The first-order valence-electron chi connectivity index (χ1n) is 10.7. The lowest BCUT2D eigenvalue weighted by molar-refractivity contribution is -0.171. The van der Waals surface area contributed by atoms with Crippen molar-refractivity contribution in [1.82, 2.24) is 0 Å². The number of ether oxygens (including phenoxy) is 4. The first-order valence-corrected chi connectivity index (χ1v) is 10.7. The van der Waals surface area contributed by atoms with Gasteiger partial charge in [-0.15, -0.1) is 0 Å². The molecular formula is C27H20O8. The fourth-order valence-corrected chi connectivity index (χ4v) is 3.17. The molecule has 0 radical (unpaired) electrons. The third kappa shape index (κ3) is 6.07. The van der Waals surface area contributed by atoms with Crippen LogP contribution in [0, 0.1) is 0 Å². The Morgan fingerprint density at radius 3 is 1.71 bits per heavy atom. The third-order valence-corrected chi connectivity index (χ3v) is 4.92. The zero-order chi connectivity index (χ0) is 24.6. The Labute approximate surface area is 200 Å². The SMILES string of the molecule is O=C(OC[C@H]1C=C(OC(=O)c2ccccc2)C(=O)[C@@H](OC(=O)c2ccccc2)O1)c1ccccc1. The summed E-state index contributed by atoms with van der Waals surface area (Å²) in [5.41, 5.74) is 0.747. The van der Waals surface area contributed by atoms with Crippen LogP contribution in [0.2, 0.25) is 0 Å². The molecule has 0 saturated heterocycles. The minimum atomic E-state index is -1.70. The van der Waals surface area contributed by atoms with Gasteiger partial charge in [0.1, 0.15) is 12.7 Å². The van der Waals surface area contributed by atoms with Gasteiger partial charge in [-0.3, -0.25) is 4.79 Å². The summed E-state index contributed by atoms with van der Waals surface area (Å²) in [4.78, 5) is 50.2. The van der Waals surface area contributed by atoms with E-state index in [2.05, 4.69) is 0 Å². The van der Waals surface area contributed by atoms with Gasteiger partial charge in [-0.2, -0.15) is 0 Å². The highest BCUT2D eigenvalue weighted by Gasteiger charge is 2.37. The van der Waals surface area contributed by atoms with Crippen LogP contribution in [0.5, 0.6) is 0 Å². The monoisotopic (exact) mass is 472 g/mol. The van der Waals surface area contributed by atoms with Crippen molar-refractivity contribution in [3.63, 3.8) is 0 Å². The number of carbonyl (C=O) groups excluding carboxylic acids is 4. The van der Waals surface area contributed by atoms with Crippen LogP contribution in [-0.4, -0.2) is 42.7 Å². The van der Waals surface area contributed by atoms with Gasteiger partial charge in [0.15, 0.2) is 5.76 Å². The van der Waals surface area contributed by atoms with E-state index in [0.717, 1.165) is 0 Å². The van der Waals surface area contributed by atoms with Crippen LogP contribution in [0.25, 0.3) is 0 Å². The molecule has 0 N–H and O–H groups in total. The number of carbonyl (C=O) groups is 4. The molecule has 0 unspecified atom stereocenters. The second-order valence-electron chi connectivity index (χ2n) is 7.39. The zero-order valence-corrected chi connectivity index (χ0v) is 18.4. The normalized spacial score (nSPS) is 17.1. The molecule has 3 aromatic carbocycles. The summed E-state index contributed by atoms with van der Waals surface area (Å²) < 4.78 is 21.4. The molecule has 0 bridgehead atoms. The van der Waals surface area contributed by atoms with Gasteiger partial charge in [0.05, 0.1) is 16.7 Å². The van der Waals surface area contributed by atoms with E-state index in [1.54, 1.807) is 66.7 Å². The first kappa shape index (κ1) is 23.6. The van der Waals surface area contributed by atoms with Gasteiger partial charge < -0.3 is 18.9 Å². The van der Waals surface area contributed by atoms with Crippen LogP contribution in [0.1, 0.15) is 31.1 Å². The molecule has 0 fully saturated rings. The Hall–Kier alpha value is -4.56. The maximum Gasteiger partial charge on any atom is 0.343 e. The smallest absolute Gasteiger partial charge is 0.343 e. The first-order chi connectivity index (χ1) is 17.0. The van der Waals surface area contributed by atoms with E-state index >= 15 is 0 Å². The lowest BCUT2D eigenvalue weighted by Gasteiger charge is -2.27. The Morgan fingerprint density at radius 2 is 1.17 bits per heavy atom. The minimum Gasteiger partial charge on any atom is -0.459 e. The van der Waals surface area contributed by atoms with Crippen molar-refractivity contribution in [2.24, 2.45) is 0 Å². The molecule has 35 heavy (non-hydrogen) atoms. The fraction of sp³-hybridized carbons (Fsp3) is 0.111. The van der Waals surface area contributed by atoms with Gasteiger partial charge in [-0.05, 0) is 42.5 Å².